The zero-order valence-electron chi connectivity index (χ0n) is 14.1. The highest BCUT2D eigenvalue weighted by Crippen LogP contribution is 2.17. The van der Waals surface area contributed by atoms with Crippen molar-refractivity contribution in [3.8, 4) is 5.69 Å². The Morgan fingerprint density at radius 2 is 1.81 bits per heavy atom. The third-order valence-electron chi connectivity index (χ3n) is 4.69. The maximum absolute atomic E-state index is 13.0. The summed E-state index contributed by atoms with van der Waals surface area (Å²) in [4.78, 5) is 27.0. The van der Waals surface area contributed by atoms with Crippen LogP contribution in [0.1, 0.15) is 16.8 Å². The smallest absolute Gasteiger partial charge is 0.276 e. The van der Waals surface area contributed by atoms with Crippen molar-refractivity contribution in [2.75, 3.05) is 6.54 Å². The molecule has 4 rings (SSSR count). The summed E-state index contributed by atoms with van der Waals surface area (Å²) in [6, 6.07) is 15.3. The van der Waals surface area contributed by atoms with E-state index in [-0.39, 0.29) is 23.7 Å². The predicted molar refractivity (Wildman–Crippen MR) is 95.6 cm³/mol. The molecule has 0 unspecified atom stereocenters. The standard InChI is InChI=1S/C20H18FN3O2/c21-15-8-6-14(7-9-15)12-19(25)23-11-10-18-17(13-23)20(26)24(22-18)16-4-2-1-3-5-16/h1-9,22H,10-13H2. The number of aromatic amines is 1. The van der Waals surface area contributed by atoms with E-state index in [9.17, 15) is 14.0 Å². The Morgan fingerprint density at radius 3 is 2.54 bits per heavy atom. The Bertz CT molecular complexity index is 990. The number of H-pyrrole nitrogens is 1. The van der Waals surface area contributed by atoms with Gasteiger partial charge in [0, 0.05) is 18.7 Å². The highest BCUT2D eigenvalue weighted by Gasteiger charge is 2.26. The SMILES string of the molecule is O=C(Cc1ccc(F)cc1)N1CCc2[nH]n(-c3ccccc3)c(=O)c2C1. The second kappa shape index (κ2) is 6.63. The molecule has 3 aromatic rings. The first-order chi connectivity index (χ1) is 12.6. The number of carbonyl (C=O) groups is 1. The highest BCUT2D eigenvalue weighted by molar-refractivity contribution is 5.79. The lowest BCUT2D eigenvalue weighted by Crippen LogP contribution is -2.38. The zero-order valence-corrected chi connectivity index (χ0v) is 14.1. The molecule has 0 saturated carbocycles. The van der Waals surface area contributed by atoms with E-state index in [0.717, 1.165) is 16.9 Å². The maximum atomic E-state index is 13.0. The quantitative estimate of drug-likeness (QED) is 0.788. The molecule has 0 atom stereocenters. The number of nitrogens with one attached hydrogen (secondary N) is 1. The molecular weight excluding hydrogens is 333 g/mol. The van der Waals surface area contributed by atoms with Gasteiger partial charge in [-0.1, -0.05) is 30.3 Å². The Balaban J connectivity index is 1.54. The number of nitrogens with zero attached hydrogens (tertiary/aromatic N) is 2. The van der Waals surface area contributed by atoms with Crippen LogP contribution in [-0.4, -0.2) is 27.1 Å². The zero-order chi connectivity index (χ0) is 18.1. The molecule has 0 bridgehead atoms. The Morgan fingerprint density at radius 1 is 1.08 bits per heavy atom. The van der Waals surface area contributed by atoms with Gasteiger partial charge in [0.25, 0.3) is 5.56 Å². The van der Waals surface area contributed by atoms with Crippen LogP contribution in [0.25, 0.3) is 5.69 Å². The predicted octanol–water partition coefficient (Wildman–Crippen LogP) is 2.43. The number of hydrogen-bond acceptors (Lipinski definition) is 2. The van der Waals surface area contributed by atoms with E-state index in [0.29, 0.717) is 25.1 Å². The summed E-state index contributed by atoms with van der Waals surface area (Å²) in [6.07, 6.45) is 0.812. The lowest BCUT2D eigenvalue weighted by molar-refractivity contribution is -0.131. The minimum Gasteiger partial charge on any atom is -0.337 e. The number of fused-ring (bicyclic) bond motifs is 1. The Kier molecular flexibility index (Phi) is 4.16. The number of rotatable bonds is 3. The fraction of sp³-hybridized carbons (Fsp3) is 0.200. The van der Waals surface area contributed by atoms with E-state index in [1.54, 1.807) is 17.0 Å². The van der Waals surface area contributed by atoms with Gasteiger partial charge in [0.15, 0.2) is 0 Å². The molecule has 0 fully saturated rings. The maximum Gasteiger partial charge on any atom is 0.276 e. The number of hydrogen-bond donors (Lipinski definition) is 1. The van der Waals surface area contributed by atoms with Gasteiger partial charge in [-0.3, -0.25) is 14.7 Å². The molecule has 0 aliphatic carbocycles. The second-order valence-electron chi connectivity index (χ2n) is 6.41. The topological polar surface area (TPSA) is 58.1 Å². The molecule has 1 aromatic heterocycles. The third kappa shape index (κ3) is 3.06. The van der Waals surface area contributed by atoms with Gasteiger partial charge in [0.1, 0.15) is 5.82 Å². The molecule has 6 heteroatoms. The van der Waals surface area contributed by atoms with Crippen molar-refractivity contribution in [2.45, 2.75) is 19.4 Å². The van der Waals surface area contributed by atoms with Crippen LogP contribution in [0.5, 0.6) is 0 Å². The van der Waals surface area contributed by atoms with Crippen LogP contribution in [0.2, 0.25) is 0 Å². The van der Waals surface area contributed by atoms with E-state index in [2.05, 4.69) is 5.10 Å². The molecule has 132 valence electrons. The van der Waals surface area contributed by atoms with Crippen molar-refractivity contribution in [3.63, 3.8) is 0 Å². The van der Waals surface area contributed by atoms with Crippen molar-refractivity contribution < 1.29 is 9.18 Å². The molecule has 1 aliphatic heterocycles. The largest absolute Gasteiger partial charge is 0.337 e. The summed E-state index contributed by atoms with van der Waals surface area (Å²) < 4.78 is 14.5. The van der Waals surface area contributed by atoms with Gasteiger partial charge in [-0.25, -0.2) is 9.07 Å². The number of aromatic nitrogens is 2. The average molecular weight is 351 g/mol. The molecule has 26 heavy (non-hydrogen) atoms. The van der Waals surface area contributed by atoms with Crippen molar-refractivity contribution in [1.82, 2.24) is 14.7 Å². The molecule has 0 radical (unpaired) electrons. The molecule has 1 aliphatic rings. The Hall–Kier alpha value is -3.15. The third-order valence-corrected chi connectivity index (χ3v) is 4.69. The summed E-state index contributed by atoms with van der Waals surface area (Å²) in [5, 5.41) is 3.16. The number of carbonyl (C=O) groups excluding carboxylic acids is 1. The van der Waals surface area contributed by atoms with Crippen molar-refractivity contribution in [2.24, 2.45) is 0 Å². The lowest BCUT2D eigenvalue weighted by atomic mass is 10.1. The van der Waals surface area contributed by atoms with Gasteiger partial charge >= 0.3 is 0 Å². The average Bonchev–Trinajstić information content (AvgIpc) is 3.00. The van der Waals surface area contributed by atoms with E-state index in [1.165, 1.54) is 16.8 Å². The number of halogens is 1. The molecular formula is C20H18FN3O2. The fourth-order valence-corrected chi connectivity index (χ4v) is 3.26. The van der Waals surface area contributed by atoms with Crippen LogP contribution in [-0.2, 0) is 24.2 Å². The minimum atomic E-state index is -0.322. The van der Waals surface area contributed by atoms with Crippen molar-refractivity contribution in [3.05, 3.63) is 87.6 Å². The Labute approximate surface area is 149 Å². The van der Waals surface area contributed by atoms with Gasteiger partial charge < -0.3 is 4.90 Å². The molecule has 1 N–H and O–H groups in total. The molecule has 2 heterocycles. The molecule has 5 nitrogen and oxygen atoms in total. The van der Waals surface area contributed by atoms with Gasteiger partial charge in [-0.05, 0) is 29.8 Å². The highest BCUT2D eigenvalue weighted by atomic mass is 19.1. The number of benzene rings is 2. The van der Waals surface area contributed by atoms with Gasteiger partial charge in [0.05, 0.1) is 24.2 Å². The monoisotopic (exact) mass is 351 g/mol. The first kappa shape index (κ1) is 16.3. The van der Waals surface area contributed by atoms with Gasteiger partial charge in [0.2, 0.25) is 5.91 Å². The van der Waals surface area contributed by atoms with E-state index >= 15 is 0 Å². The minimum absolute atomic E-state index is 0.0610. The first-order valence-electron chi connectivity index (χ1n) is 8.52. The van der Waals surface area contributed by atoms with E-state index in [4.69, 9.17) is 0 Å². The fourth-order valence-electron chi connectivity index (χ4n) is 3.26. The molecule has 0 spiro atoms. The summed E-state index contributed by atoms with van der Waals surface area (Å²) in [6.45, 7) is 0.853. The summed E-state index contributed by atoms with van der Waals surface area (Å²) in [5.74, 6) is -0.383. The first-order valence-corrected chi connectivity index (χ1v) is 8.52. The van der Waals surface area contributed by atoms with Crippen molar-refractivity contribution >= 4 is 5.91 Å². The normalized spacial score (nSPS) is 13.5. The molecule has 0 saturated heterocycles. The summed E-state index contributed by atoms with van der Waals surface area (Å²) in [7, 11) is 0. The molecule has 2 aromatic carbocycles. The molecule has 1 amide bonds. The lowest BCUT2D eigenvalue weighted by Gasteiger charge is -2.26. The van der Waals surface area contributed by atoms with Crippen LogP contribution in [0, 0.1) is 5.82 Å². The van der Waals surface area contributed by atoms with Gasteiger partial charge in [-0.2, -0.15) is 0 Å². The van der Waals surface area contributed by atoms with E-state index < -0.39 is 0 Å². The van der Waals surface area contributed by atoms with Crippen LogP contribution in [0.3, 0.4) is 0 Å². The second-order valence-corrected chi connectivity index (χ2v) is 6.41. The number of para-hydroxylation sites is 1. The number of amides is 1. The summed E-state index contributed by atoms with van der Waals surface area (Å²) in [5.41, 5.74) is 2.93. The van der Waals surface area contributed by atoms with Crippen LogP contribution in [0.15, 0.2) is 59.4 Å². The van der Waals surface area contributed by atoms with Crippen molar-refractivity contribution in [1.29, 1.82) is 0 Å². The van der Waals surface area contributed by atoms with E-state index in [1.807, 2.05) is 30.3 Å². The van der Waals surface area contributed by atoms with Crippen LogP contribution in [0.4, 0.5) is 4.39 Å². The van der Waals surface area contributed by atoms with Gasteiger partial charge in [-0.15, -0.1) is 0 Å². The van der Waals surface area contributed by atoms with Crippen LogP contribution < -0.4 is 5.56 Å². The summed E-state index contributed by atoms with van der Waals surface area (Å²) >= 11 is 0. The van der Waals surface area contributed by atoms with Crippen LogP contribution >= 0.6 is 0 Å².